The van der Waals surface area contributed by atoms with Crippen molar-refractivity contribution in [3.63, 3.8) is 0 Å². The quantitative estimate of drug-likeness (QED) is 0.662. The monoisotopic (exact) mass is 286 g/mol. The van der Waals surface area contributed by atoms with Gasteiger partial charge in [-0.15, -0.1) is 0 Å². The Kier molecular flexibility index (Phi) is 6.93. The predicted octanol–water partition coefficient (Wildman–Crippen LogP) is 1.29. The number of rotatable bonds is 7. The van der Waals surface area contributed by atoms with E-state index in [0.29, 0.717) is 18.4 Å². The molecule has 0 heterocycles. The second kappa shape index (κ2) is 6.76. The Labute approximate surface area is 95.6 Å². The largest absolute Gasteiger partial charge is 0.281 e. The van der Waals surface area contributed by atoms with Gasteiger partial charge < -0.3 is 0 Å². The van der Waals surface area contributed by atoms with Crippen LogP contribution in [0.2, 0.25) is 0 Å². The van der Waals surface area contributed by atoms with Crippen LogP contribution < -0.4 is 0 Å². The first-order valence-corrected chi connectivity index (χ1v) is 7.22. The summed E-state index contributed by atoms with van der Waals surface area (Å²) in [5, 5.41) is 0.670. The van der Waals surface area contributed by atoms with Gasteiger partial charge in [0.05, 0.1) is 0 Å². The van der Waals surface area contributed by atoms with Crippen molar-refractivity contribution in [3.8, 4) is 0 Å². The van der Waals surface area contributed by atoms with Crippen molar-refractivity contribution >= 4 is 26.1 Å². The summed E-state index contributed by atoms with van der Waals surface area (Å²) in [5.41, 5.74) is 0. The maximum absolute atomic E-state index is 11.8. The molecule has 6 heteroatoms. The summed E-state index contributed by atoms with van der Waals surface area (Å²) in [7, 11) is -0.121. The predicted molar refractivity (Wildman–Crippen MR) is 62.9 cm³/mol. The average Bonchev–Trinajstić information content (AvgIpc) is 2.11. The van der Waals surface area contributed by atoms with Gasteiger partial charge >= 0.3 is 0 Å². The van der Waals surface area contributed by atoms with Crippen LogP contribution in [-0.4, -0.2) is 49.5 Å². The number of alkyl halides is 1. The van der Waals surface area contributed by atoms with Gasteiger partial charge in [0.1, 0.15) is 0 Å². The van der Waals surface area contributed by atoms with E-state index in [-0.39, 0.29) is 0 Å². The minimum Gasteiger partial charge on any atom is -0.195 e. The van der Waals surface area contributed by atoms with Crippen LogP contribution in [0.15, 0.2) is 0 Å². The number of hydrogen-bond donors (Lipinski definition) is 0. The Morgan fingerprint density at radius 1 is 1.21 bits per heavy atom. The molecule has 0 aliphatic heterocycles. The maximum atomic E-state index is 11.8. The molecule has 0 aromatic carbocycles. The lowest BCUT2D eigenvalue weighted by Crippen LogP contribution is -2.41. The van der Waals surface area contributed by atoms with Crippen LogP contribution in [0.1, 0.15) is 19.8 Å². The van der Waals surface area contributed by atoms with Crippen molar-refractivity contribution in [3.05, 3.63) is 0 Å². The highest BCUT2D eigenvalue weighted by Gasteiger charge is 2.22. The summed E-state index contributed by atoms with van der Waals surface area (Å²) in [6.07, 6.45) is 1.90. The van der Waals surface area contributed by atoms with Crippen molar-refractivity contribution in [1.29, 1.82) is 0 Å². The second-order valence-electron chi connectivity index (χ2n) is 3.23. The first-order chi connectivity index (χ1) is 6.46. The fourth-order valence-corrected chi connectivity index (χ4v) is 2.81. The van der Waals surface area contributed by atoms with E-state index in [4.69, 9.17) is 0 Å². The zero-order valence-electron chi connectivity index (χ0n) is 9.03. The van der Waals surface area contributed by atoms with E-state index in [2.05, 4.69) is 22.9 Å². The molecule has 0 aliphatic rings. The van der Waals surface area contributed by atoms with Crippen molar-refractivity contribution in [2.75, 3.05) is 32.5 Å². The molecule has 0 spiro atoms. The number of nitrogens with zero attached hydrogens (tertiary/aromatic N) is 2. The molecular formula is C8H19BrN2O2S. The molecule has 0 N–H and O–H groups in total. The van der Waals surface area contributed by atoms with Gasteiger partial charge in [0.15, 0.2) is 0 Å². The summed E-state index contributed by atoms with van der Waals surface area (Å²) in [6.45, 7) is 3.18. The zero-order valence-corrected chi connectivity index (χ0v) is 11.4. The SMILES string of the molecule is CCCCN(CCBr)S(=O)(=O)N(C)C. The molecule has 0 atom stereocenters. The standard InChI is InChI=1S/C8H19BrN2O2S/c1-4-5-7-11(8-6-9)14(12,13)10(2)3/h4-8H2,1-3H3. The second-order valence-corrected chi connectivity index (χ2v) is 6.17. The molecule has 4 nitrogen and oxygen atoms in total. The maximum Gasteiger partial charge on any atom is 0.281 e. The van der Waals surface area contributed by atoms with E-state index in [0.717, 1.165) is 12.8 Å². The summed E-state index contributed by atoms with van der Waals surface area (Å²) in [6, 6.07) is 0. The molecule has 0 bridgehead atoms. The molecule has 0 saturated heterocycles. The lowest BCUT2D eigenvalue weighted by atomic mass is 10.3. The molecule has 0 unspecified atom stereocenters. The van der Waals surface area contributed by atoms with E-state index in [9.17, 15) is 8.42 Å². The minimum absolute atomic E-state index is 0.528. The Hall–Kier alpha value is 0.350. The smallest absolute Gasteiger partial charge is 0.195 e. The van der Waals surface area contributed by atoms with E-state index >= 15 is 0 Å². The molecule has 0 aliphatic carbocycles. The van der Waals surface area contributed by atoms with Crippen LogP contribution in [0.4, 0.5) is 0 Å². The van der Waals surface area contributed by atoms with Gasteiger partial charge in [-0.25, -0.2) is 0 Å². The van der Waals surface area contributed by atoms with Gasteiger partial charge in [-0.2, -0.15) is 17.0 Å². The van der Waals surface area contributed by atoms with E-state index in [1.165, 1.54) is 8.61 Å². The molecule has 86 valence electrons. The normalized spacial score (nSPS) is 12.7. The topological polar surface area (TPSA) is 40.6 Å². The number of halogens is 1. The Morgan fingerprint density at radius 2 is 1.79 bits per heavy atom. The van der Waals surface area contributed by atoms with Crippen LogP contribution in [0.25, 0.3) is 0 Å². The Bertz CT molecular complexity index is 242. The van der Waals surface area contributed by atoms with Gasteiger partial charge in [-0.1, -0.05) is 29.3 Å². The summed E-state index contributed by atoms with van der Waals surface area (Å²) >= 11 is 3.26. The van der Waals surface area contributed by atoms with Gasteiger partial charge in [0.25, 0.3) is 10.2 Å². The van der Waals surface area contributed by atoms with E-state index in [1.807, 2.05) is 0 Å². The Balaban J connectivity index is 4.47. The number of unbranched alkanes of at least 4 members (excludes halogenated alkanes) is 1. The highest BCUT2D eigenvalue weighted by atomic mass is 79.9. The lowest BCUT2D eigenvalue weighted by Gasteiger charge is -2.24. The molecule has 0 aromatic rings. The summed E-state index contributed by atoms with van der Waals surface area (Å²) in [5.74, 6) is 0. The van der Waals surface area contributed by atoms with Crippen LogP contribution in [-0.2, 0) is 10.2 Å². The van der Waals surface area contributed by atoms with Gasteiger partial charge in [0, 0.05) is 32.5 Å². The Morgan fingerprint density at radius 3 is 2.14 bits per heavy atom. The van der Waals surface area contributed by atoms with Crippen molar-refractivity contribution in [2.45, 2.75) is 19.8 Å². The fourth-order valence-electron chi connectivity index (χ4n) is 1.00. The third kappa shape index (κ3) is 4.25. The van der Waals surface area contributed by atoms with Crippen LogP contribution in [0.5, 0.6) is 0 Å². The molecule has 0 radical (unpaired) electrons. The first kappa shape index (κ1) is 14.3. The minimum atomic E-state index is -3.24. The molecule has 0 rings (SSSR count). The van der Waals surface area contributed by atoms with Gasteiger partial charge in [-0.3, -0.25) is 0 Å². The van der Waals surface area contributed by atoms with E-state index < -0.39 is 10.2 Å². The molecule has 0 aromatic heterocycles. The van der Waals surface area contributed by atoms with Crippen molar-refractivity contribution in [1.82, 2.24) is 8.61 Å². The average molecular weight is 287 g/mol. The fraction of sp³-hybridized carbons (Fsp3) is 1.00. The molecule has 0 amide bonds. The van der Waals surface area contributed by atoms with Crippen molar-refractivity contribution < 1.29 is 8.42 Å². The highest BCUT2D eigenvalue weighted by molar-refractivity contribution is 9.09. The first-order valence-electron chi connectivity index (χ1n) is 4.70. The third-order valence-corrected chi connectivity index (χ3v) is 4.18. The van der Waals surface area contributed by atoms with Crippen LogP contribution in [0, 0.1) is 0 Å². The van der Waals surface area contributed by atoms with Crippen LogP contribution >= 0.6 is 15.9 Å². The lowest BCUT2D eigenvalue weighted by molar-refractivity contribution is 0.383. The zero-order chi connectivity index (χ0) is 11.2. The van der Waals surface area contributed by atoms with E-state index in [1.54, 1.807) is 14.1 Å². The van der Waals surface area contributed by atoms with Crippen molar-refractivity contribution in [2.24, 2.45) is 0 Å². The molecule has 0 fully saturated rings. The van der Waals surface area contributed by atoms with Crippen LogP contribution in [0.3, 0.4) is 0 Å². The molecular weight excluding hydrogens is 268 g/mol. The van der Waals surface area contributed by atoms with Gasteiger partial charge in [0.2, 0.25) is 0 Å². The summed E-state index contributed by atoms with van der Waals surface area (Å²) < 4.78 is 26.3. The third-order valence-electron chi connectivity index (χ3n) is 1.88. The molecule has 0 saturated carbocycles. The summed E-state index contributed by atoms with van der Waals surface area (Å²) in [4.78, 5) is 0. The number of hydrogen-bond acceptors (Lipinski definition) is 2. The van der Waals surface area contributed by atoms with Gasteiger partial charge in [-0.05, 0) is 6.42 Å². The highest BCUT2D eigenvalue weighted by Crippen LogP contribution is 2.06. The molecule has 14 heavy (non-hydrogen) atoms.